The maximum Gasteiger partial charge on any atom is 0.221 e. The first kappa shape index (κ1) is 11.4. The van der Waals surface area contributed by atoms with Crippen LogP contribution in [0.25, 0.3) is 0 Å². The standard InChI is InChI=1S/C11H12ClFN2O/c12-9-2-1-3-10(13)8(9)6-14-7-4-11(16)15-5-7/h1-3,7,14H,4-6H2,(H,15,16). The number of halogens is 2. The van der Waals surface area contributed by atoms with E-state index < -0.39 is 0 Å². The number of rotatable bonds is 3. The molecule has 0 aromatic heterocycles. The summed E-state index contributed by atoms with van der Waals surface area (Å²) >= 11 is 5.88. The van der Waals surface area contributed by atoms with Crippen LogP contribution in [0, 0.1) is 5.82 Å². The maximum absolute atomic E-state index is 13.4. The molecular formula is C11H12ClFN2O. The Morgan fingerprint density at radius 3 is 3.00 bits per heavy atom. The van der Waals surface area contributed by atoms with Crippen LogP contribution in [0.4, 0.5) is 4.39 Å². The van der Waals surface area contributed by atoms with E-state index in [1.165, 1.54) is 6.07 Å². The molecule has 1 heterocycles. The van der Waals surface area contributed by atoms with Gasteiger partial charge in [-0.25, -0.2) is 4.39 Å². The first-order chi connectivity index (χ1) is 7.66. The second-order valence-electron chi connectivity index (χ2n) is 3.79. The van der Waals surface area contributed by atoms with Crippen LogP contribution in [-0.4, -0.2) is 18.5 Å². The average Bonchev–Trinajstić information content (AvgIpc) is 2.63. The molecule has 2 rings (SSSR count). The lowest BCUT2D eigenvalue weighted by molar-refractivity contribution is -0.119. The third kappa shape index (κ3) is 2.51. The third-order valence-corrected chi connectivity index (χ3v) is 2.96. The van der Waals surface area contributed by atoms with Gasteiger partial charge in [0.25, 0.3) is 0 Å². The number of hydrogen-bond acceptors (Lipinski definition) is 2. The number of amides is 1. The van der Waals surface area contributed by atoms with Crippen LogP contribution in [0.2, 0.25) is 5.02 Å². The minimum Gasteiger partial charge on any atom is -0.354 e. The Labute approximate surface area is 98.0 Å². The van der Waals surface area contributed by atoms with E-state index in [1.54, 1.807) is 12.1 Å². The van der Waals surface area contributed by atoms with Crippen LogP contribution >= 0.6 is 11.6 Å². The molecule has 1 aliphatic rings. The van der Waals surface area contributed by atoms with Gasteiger partial charge in [0.1, 0.15) is 5.82 Å². The number of benzene rings is 1. The molecule has 1 atom stereocenters. The summed E-state index contributed by atoms with van der Waals surface area (Å²) in [5, 5.41) is 6.22. The van der Waals surface area contributed by atoms with E-state index in [0.29, 0.717) is 30.1 Å². The molecule has 0 saturated carbocycles. The monoisotopic (exact) mass is 242 g/mol. The van der Waals surface area contributed by atoms with Crippen molar-refractivity contribution in [3.05, 3.63) is 34.6 Å². The first-order valence-corrected chi connectivity index (χ1v) is 5.47. The van der Waals surface area contributed by atoms with Crippen molar-refractivity contribution in [2.75, 3.05) is 6.54 Å². The van der Waals surface area contributed by atoms with Crippen LogP contribution < -0.4 is 10.6 Å². The fourth-order valence-corrected chi connectivity index (χ4v) is 1.93. The number of carbonyl (C=O) groups excluding carboxylic acids is 1. The van der Waals surface area contributed by atoms with Gasteiger partial charge in [-0.3, -0.25) is 4.79 Å². The lowest BCUT2D eigenvalue weighted by Gasteiger charge is -2.11. The molecule has 1 amide bonds. The highest BCUT2D eigenvalue weighted by Gasteiger charge is 2.21. The molecule has 3 nitrogen and oxygen atoms in total. The Bertz CT molecular complexity index is 391. The quantitative estimate of drug-likeness (QED) is 0.843. The Morgan fingerprint density at radius 1 is 1.56 bits per heavy atom. The van der Waals surface area contributed by atoms with E-state index in [1.807, 2.05) is 0 Å². The zero-order valence-electron chi connectivity index (χ0n) is 8.59. The van der Waals surface area contributed by atoms with Gasteiger partial charge in [0.15, 0.2) is 0 Å². The summed E-state index contributed by atoms with van der Waals surface area (Å²) < 4.78 is 13.4. The molecule has 0 bridgehead atoms. The van der Waals surface area contributed by atoms with Gasteiger partial charge in [0, 0.05) is 36.1 Å². The normalized spacial score (nSPS) is 19.9. The van der Waals surface area contributed by atoms with Gasteiger partial charge in [0.05, 0.1) is 0 Å². The van der Waals surface area contributed by atoms with Crippen LogP contribution in [0.1, 0.15) is 12.0 Å². The number of hydrogen-bond donors (Lipinski definition) is 2. The van der Waals surface area contributed by atoms with E-state index in [9.17, 15) is 9.18 Å². The summed E-state index contributed by atoms with van der Waals surface area (Å²) in [5.41, 5.74) is 0.448. The Hall–Kier alpha value is -1.13. The van der Waals surface area contributed by atoms with Gasteiger partial charge < -0.3 is 10.6 Å². The predicted molar refractivity (Wildman–Crippen MR) is 59.7 cm³/mol. The largest absolute Gasteiger partial charge is 0.354 e. The van der Waals surface area contributed by atoms with Crippen LogP contribution in [-0.2, 0) is 11.3 Å². The molecule has 16 heavy (non-hydrogen) atoms. The molecule has 1 aliphatic heterocycles. The van der Waals surface area contributed by atoms with Gasteiger partial charge in [-0.2, -0.15) is 0 Å². The smallest absolute Gasteiger partial charge is 0.221 e. The van der Waals surface area contributed by atoms with E-state index >= 15 is 0 Å². The molecule has 0 aliphatic carbocycles. The van der Waals surface area contributed by atoms with Crippen molar-refractivity contribution in [3.63, 3.8) is 0 Å². The summed E-state index contributed by atoms with van der Waals surface area (Å²) in [6, 6.07) is 4.66. The lowest BCUT2D eigenvalue weighted by atomic mass is 10.2. The van der Waals surface area contributed by atoms with Gasteiger partial charge in [-0.1, -0.05) is 17.7 Å². The number of nitrogens with one attached hydrogen (secondary N) is 2. The molecule has 1 unspecified atom stereocenters. The highest BCUT2D eigenvalue weighted by atomic mass is 35.5. The molecule has 0 spiro atoms. The predicted octanol–water partition coefficient (Wildman–Crippen LogP) is 1.46. The summed E-state index contributed by atoms with van der Waals surface area (Å²) in [7, 11) is 0. The van der Waals surface area contributed by atoms with E-state index in [-0.39, 0.29) is 17.8 Å². The summed E-state index contributed by atoms with van der Waals surface area (Å²) in [5.74, 6) is -0.297. The molecule has 2 N–H and O–H groups in total. The fourth-order valence-electron chi connectivity index (χ4n) is 1.70. The fraction of sp³-hybridized carbons (Fsp3) is 0.364. The molecule has 1 saturated heterocycles. The van der Waals surface area contributed by atoms with Crippen molar-refractivity contribution < 1.29 is 9.18 Å². The number of carbonyl (C=O) groups is 1. The SMILES string of the molecule is O=C1CC(NCc2c(F)cccc2Cl)CN1. The molecular weight excluding hydrogens is 231 g/mol. The topological polar surface area (TPSA) is 41.1 Å². The Kier molecular flexibility index (Phi) is 3.41. The van der Waals surface area contributed by atoms with Crippen molar-refractivity contribution in [2.45, 2.75) is 19.0 Å². The van der Waals surface area contributed by atoms with Gasteiger partial charge in [-0.05, 0) is 12.1 Å². The molecule has 5 heteroatoms. The van der Waals surface area contributed by atoms with Gasteiger partial charge in [0.2, 0.25) is 5.91 Å². The van der Waals surface area contributed by atoms with Crippen molar-refractivity contribution in [2.24, 2.45) is 0 Å². The average molecular weight is 243 g/mol. The van der Waals surface area contributed by atoms with Crippen molar-refractivity contribution in [1.82, 2.24) is 10.6 Å². The molecule has 1 aromatic carbocycles. The molecule has 86 valence electrons. The van der Waals surface area contributed by atoms with Crippen LogP contribution in [0.5, 0.6) is 0 Å². The molecule has 0 radical (unpaired) electrons. The van der Waals surface area contributed by atoms with Crippen molar-refractivity contribution in [3.8, 4) is 0 Å². The zero-order chi connectivity index (χ0) is 11.5. The summed E-state index contributed by atoms with van der Waals surface area (Å²) in [6.07, 6.45) is 0.437. The van der Waals surface area contributed by atoms with Crippen LogP contribution in [0.15, 0.2) is 18.2 Å². The summed E-state index contributed by atoms with van der Waals surface area (Å²) in [6.45, 7) is 0.927. The molecule has 1 aromatic rings. The zero-order valence-corrected chi connectivity index (χ0v) is 9.35. The second kappa shape index (κ2) is 4.80. The lowest BCUT2D eigenvalue weighted by Crippen LogP contribution is -2.30. The Balaban J connectivity index is 1.97. The van der Waals surface area contributed by atoms with Gasteiger partial charge in [-0.15, -0.1) is 0 Å². The highest BCUT2D eigenvalue weighted by Crippen LogP contribution is 2.18. The third-order valence-electron chi connectivity index (χ3n) is 2.61. The maximum atomic E-state index is 13.4. The minimum absolute atomic E-state index is 0.0251. The van der Waals surface area contributed by atoms with Crippen molar-refractivity contribution in [1.29, 1.82) is 0 Å². The minimum atomic E-state index is -0.322. The Morgan fingerprint density at radius 2 is 2.38 bits per heavy atom. The van der Waals surface area contributed by atoms with E-state index in [2.05, 4.69) is 10.6 Å². The molecule has 1 fully saturated rings. The van der Waals surface area contributed by atoms with E-state index in [4.69, 9.17) is 11.6 Å². The highest BCUT2D eigenvalue weighted by molar-refractivity contribution is 6.31. The van der Waals surface area contributed by atoms with Gasteiger partial charge >= 0.3 is 0 Å². The van der Waals surface area contributed by atoms with Crippen molar-refractivity contribution >= 4 is 17.5 Å². The first-order valence-electron chi connectivity index (χ1n) is 5.10. The summed E-state index contributed by atoms with van der Waals surface area (Å²) in [4.78, 5) is 10.9. The second-order valence-corrected chi connectivity index (χ2v) is 4.19. The van der Waals surface area contributed by atoms with E-state index in [0.717, 1.165) is 0 Å². The van der Waals surface area contributed by atoms with Crippen LogP contribution in [0.3, 0.4) is 0 Å².